The normalized spacial score (nSPS) is 10.7. The third-order valence-electron chi connectivity index (χ3n) is 2.98. The van der Waals surface area contributed by atoms with Gasteiger partial charge < -0.3 is 15.2 Å². The molecule has 2 aromatic heterocycles. The van der Waals surface area contributed by atoms with Crippen molar-refractivity contribution < 1.29 is 9.47 Å². The number of hydrogen-bond acceptors (Lipinski definition) is 5. The Morgan fingerprint density at radius 2 is 1.75 bits per heavy atom. The molecular formula is C14H14N4O2. The molecule has 0 aliphatic heterocycles. The van der Waals surface area contributed by atoms with E-state index in [4.69, 9.17) is 15.2 Å². The van der Waals surface area contributed by atoms with Crippen LogP contribution in [0.15, 0.2) is 36.7 Å². The zero-order valence-corrected chi connectivity index (χ0v) is 11.2. The van der Waals surface area contributed by atoms with Gasteiger partial charge in [-0.15, -0.1) is 0 Å². The monoisotopic (exact) mass is 270 g/mol. The summed E-state index contributed by atoms with van der Waals surface area (Å²) in [5.41, 5.74) is 8.67. The van der Waals surface area contributed by atoms with Crippen LogP contribution in [0.1, 0.15) is 0 Å². The van der Waals surface area contributed by atoms with E-state index in [0.29, 0.717) is 17.2 Å². The van der Waals surface area contributed by atoms with Crippen LogP contribution >= 0.6 is 0 Å². The summed E-state index contributed by atoms with van der Waals surface area (Å²) in [7, 11) is 3.23. The summed E-state index contributed by atoms with van der Waals surface area (Å²) in [6, 6.07) is 7.49. The number of nitrogens with zero attached hydrogens (tertiary/aromatic N) is 3. The molecule has 1 aromatic carbocycles. The zero-order valence-electron chi connectivity index (χ0n) is 11.2. The lowest BCUT2D eigenvalue weighted by atomic mass is 10.1. The van der Waals surface area contributed by atoms with E-state index in [1.807, 2.05) is 24.3 Å². The number of benzene rings is 1. The van der Waals surface area contributed by atoms with Crippen molar-refractivity contribution in [3.05, 3.63) is 36.7 Å². The maximum Gasteiger partial charge on any atom is 0.155 e. The van der Waals surface area contributed by atoms with Gasteiger partial charge in [0.15, 0.2) is 5.65 Å². The fourth-order valence-electron chi connectivity index (χ4n) is 1.99. The van der Waals surface area contributed by atoms with Crippen LogP contribution in [0.2, 0.25) is 0 Å². The van der Waals surface area contributed by atoms with Crippen LogP contribution in [0.5, 0.6) is 11.5 Å². The van der Waals surface area contributed by atoms with Crippen LogP contribution in [0, 0.1) is 0 Å². The summed E-state index contributed by atoms with van der Waals surface area (Å²) in [5.74, 6) is 1.42. The van der Waals surface area contributed by atoms with Gasteiger partial charge in [0.1, 0.15) is 11.5 Å². The lowest BCUT2D eigenvalue weighted by molar-refractivity contribution is 0.394. The molecule has 0 radical (unpaired) electrons. The highest BCUT2D eigenvalue weighted by Gasteiger charge is 2.09. The average Bonchev–Trinajstić information content (AvgIpc) is 2.89. The Hall–Kier alpha value is -2.76. The maximum atomic E-state index is 5.70. The molecule has 0 aliphatic carbocycles. The van der Waals surface area contributed by atoms with Crippen LogP contribution in [0.25, 0.3) is 16.9 Å². The Bertz CT molecular complexity index is 745. The van der Waals surface area contributed by atoms with Crippen molar-refractivity contribution in [1.82, 2.24) is 14.6 Å². The van der Waals surface area contributed by atoms with Crippen molar-refractivity contribution in [3.63, 3.8) is 0 Å². The number of nitrogens with two attached hydrogens (primary N) is 1. The lowest BCUT2D eigenvalue weighted by Crippen LogP contribution is -1.94. The van der Waals surface area contributed by atoms with Gasteiger partial charge in [0.2, 0.25) is 0 Å². The van der Waals surface area contributed by atoms with E-state index in [1.54, 1.807) is 31.1 Å². The van der Waals surface area contributed by atoms with Crippen LogP contribution in [-0.4, -0.2) is 28.8 Å². The van der Waals surface area contributed by atoms with E-state index in [2.05, 4.69) is 10.1 Å². The Morgan fingerprint density at radius 1 is 1.05 bits per heavy atom. The molecule has 0 bridgehead atoms. The SMILES string of the molecule is COc1cc(OC)cc(-c2cc3ncc(N)cn3n2)c1. The molecule has 6 heteroatoms. The highest BCUT2D eigenvalue weighted by atomic mass is 16.5. The van der Waals surface area contributed by atoms with E-state index in [1.165, 1.54) is 0 Å². The lowest BCUT2D eigenvalue weighted by Gasteiger charge is -2.06. The zero-order chi connectivity index (χ0) is 14.1. The van der Waals surface area contributed by atoms with Crippen LogP contribution in [-0.2, 0) is 0 Å². The fraction of sp³-hybridized carbons (Fsp3) is 0.143. The largest absolute Gasteiger partial charge is 0.497 e. The molecule has 0 saturated carbocycles. The second-order valence-corrected chi connectivity index (χ2v) is 4.32. The molecule has 0 spiro atoms. The van der Waals surface area contributed by atoms with Crippen molar-refractivity contribution >= 4 is 11.3 Å². The fourth-order valence-corrected chi connectivity index (χ4v) is 1.99. The van der Waals surface area contributed by atoms with Crippen LogP contribution < -0.4 is 15.2 Å². The third-order valence-corrected chi connectivity index (χ3v) is 2.98. The van der Waals surface area contributed by atoms with Crippen LogP contribution in [0.3, 0.4) is 0 Å². The Kier molecular flexibility index (Phi) is 2.90. The summed E-state index contributed by atoms with van der Waals surface area (Å²) < 4.78 is 12.2. The topological polar surface area (TPSA) is 74.7 Å². The minimum absolute atomic E-state index is 0.565. The Morgan fingerprint density at radius 3 is 2.40 bits per heavy atom. The smallest absolute Gasteiger partial charge is 0.155 e. The van der Waals surface area contributed by atoms with Gasteiger partial charge in [-0.3, -0.25) is 0 Å². The molecule has 0 fully saturated rings. The van der Waals surface area contributed by atoms with Crippen molar-refractivity contribution in [3.8, 4) is 22.8 Å². The van der Waals surface area contributed by atoms with Crippen molar-refractivity contribution in [2.24, 2.45) is 0 Å². The van der Waals surface area contributed by atoms with E-state index >= 15 is 0 Å². The molecule has 0 atom stereocenters. The van der Waals surface area contributed by atoms with Crippen molar-refractivity contribution in [1.29, 1.82) is 0 Å². The molecule has 20 heavy (non-hydrogen) atoms. The molecule has 3 rings (SSSR count). The van der Waals surface area contributed by atoms with Crippen molar-refractivity contribution in [2.75, 3.05) is 20.0 Å². The van der Waals surface area contributed by atoms with Gasteiger partial charge in [-0.1, -0.05) is 0 Å². The van der Waals surface area contributed by atoms with E-state index in [9.17, 15) is 0 Å². The van der Waals surface area contributed by atoms with E-state index in [0.717, 1.165) is 16.9 Å². The number of rotatable bonds is 3. The first-order chi connectivity index (χ1) is 9.69. The minimum atomic E-state index is 0.565. The summed E-state index contributed by atoms with van der Waals surface area (Å²) in [5, 5.41) is 4.46. The number of anilines is 1. The summed E-state index contributed by atoms with van der Waals surface area (Å²) >= 11 is 0. The quantitative estimate of drug-likeness (QED) is 0.787. The molecule has 0 unspecified atom stereocenters. The number of hydrogen-bond donors (Lipinski definition) is 1. The first-order valence-corrected chi connectivity index (χ1v) is 6.04. The standard InChI is InChI=1S/C14H14N4O2/c1-19-11-3-9(4-12(5-11)20-2)13-6-14-16-7-10(15)8-18(14)17-13/h3-8H,15H2,1-2H3. The number of ether oxygens (including phenoxy) is 2. The summed E-state index contributed by atoms with van der Waals surface area (Å²) in [4.78, 5) is 4.23. The second kappa shape index (κ2) is 4.73. The molecule has 0 amide bonds. The highest BCUT2D eigenvalue weighted by molar-refractivity contribution is 5.67. The number of methoxy groups -OCH3 is 2. The number of aromatic nitrogens is 3. The van der Waals surface area contributed by atoms with E-state index in [-0.39, 0.29) is 0 Å². The maximum absolute atomic E-state index is 5.70. The van der Waals surface area contributed by atoms with Crippen LogP contribution in [0.4, 0.5) is 5.69 Å². The van der Waals surface area contributed by atoms with Gasteiger partial charge in [-0.25, -0.2) is 9.50 Å². The highest BCUT2D eigenvalue weighted by Crippen LogP contribution is 2.29. The predicted molar refractivity (Wildman–Crippen MR) is 75.9 cm³/mol. The van der Waals surface area contributed by atoms with Gasteiger partial charge in [-0.05, 0) is 12.1 Å². The van der Waals surface area contributed by atoms with Gasteiger partial charge in [0.05, 0.1) is 38.0 Å². The van der Waals surface area contributed by atoms with Gasteiger partial charge >= 0.3 is 0 Å². The third kappa shape index (κ3) is 2.11. The van der Waals surface area contributed by atoms with Gasteiger partial charge in [0.25, 0.3) is 0 Å². The molecule has 102 valence electrons. The first-order valence-electron chi connectivity index (χ1n) is 6.04. The number of fused-ring (bicyclic) bond motifs is 1. The molecule has 0 aliphatic rings. The molecule has 3 aromatic rings. The Labute approximate surface area is 115 Å². The first kappa shape index (κ1) is 12.3. The van der Waals surface area contributed by atoms with E-state index < -0.39 is 0 Å². The Balaban J connectivity index is 2.14. The molecule has 0 saturated heterocycles. The molecule has 2 heterocycles. The second-order valence-electron chi connectivity index (χ2n) is 4.32. The van der Waals surface area contributed by atoms with Gasteiger partial charge in [0, 0.05) is 17.7 Å². The minimum Gasteiger partial charge on any atom is -0.497 e. The number of nitrogen functional groups attached to an aromatic ring is 1. The van der Waals surface area contributed by atoms with Crippen molar-refractivity contribution in [2.45, 2.75) is 0 Å². The molecule has 6 nitrogen and oxygen atoms in total. The average molecular weight is 270 g/mol. The predicted octanol–water partition coefficient (Wildman–Crippen LogP) is 2.00. The van der Waals surface area contributed by atoms with Gasteiger partial charge in [-0.2, -0.15) is 5.10 Å². The molecular weight excluding hydrogens is 256 g/mol. The molecule has 2 N–H and O–H groups in total. The summed E-state index contributed by atoms with van der Waals surface area (Å²) in [6.07, 6.45) is 3.33. The summed E-state index contributed by atoms with van der Waals surface area (Å²) in [6.45, 7) is 0.